The van der Waals surface area contributed by atoms with Gasteiger partial charge in [0.25, 0.3) is 12.3 Å². The van der Waals surface area contributed by atoms with Crippen LogP contribution in [0, 0.1) is 6.92 Å². The standard InChI is InChI=1S/C26H29F2N3O2/c1-16-12-17-4-3-9-30(23(17)14-20(16)25(27)28)24-15-31(19-7-10-33-11-8-19)22-6-5-18(13-21(22)24)26(32)29-2/h5-6,12-15,19,25H,3-4,7-11H2,1-2H3,(H,29,32). The zero-order valence-corrected chi connectivity index (χ0v) is 19.0. The molecule has 0 aliphatic carbocycles. The lowest BCUT2D eigenvalue weighted by Gasteiger charge is -2.32. The number of ether oxygens (including phenoxy) is 1. The van der Waals surface area contributed by atoms with E-state index in [1.807, 2.05) is 24.3 Å². The second-order valence-corrected chi connectivity index (χ2v) is 8.97. The number of carbonyl (C=O) groups excluding carboxylic acids is 1. The fourth-order valence-corrected chi connectivity index (χ4v) is 5.26. The maximum atomic E-state index is 13.7. The fourth-order valence-electron chi connectivity index (χ4n) is 5.26. The maximum Gasteiger partial charge on any atom is 0.264 e. The van der Waals surface area contributed by atoms with Gasteiger partial charge in [0.1, 0.15) is 0 Å². The number of hydrogen-bond donors (Lipinski definition) is 1. The van der Waals surface area contributed by atoms with Gasteiger partial charge >= 0.3 is 0 Å². The van der Waals surface area contributed by atoms with Crippen LogP contribution >= 0.6 is 0 Å². The van der Waals surface area contributed by atoms with Crippen molar-refractivity contribution in [3.63, 3.8) is 0 Å². The SMILES string of the molecule is CNC(=O)c1ccc2c(c1)c(N1CCCc3cc(C)c(C(F)F)cc31)cn2C1CCOCC1. The average molecular weight is 454 g/mol. The highest BCUT2D eigenvalue weighted by atomic mass is 19.3. The van der Waals surface area contributed by atoms with E-state index in [9.17, 15) is 13.6 Å². The number of alkyl halides is 2. The lowest BCUT2D eigenvalue weighted by Crippen LogP contribution is -2.25. The van der Waals surface area contributed by atoms with E-state index in [0.717, 1.165) is 73.3 Å². The summed E-state index contributed by atoms with van der Waals surface area (Å²) in [5.74, 6) is -0.142. The summed E-state index contributed by atoms with van der Waals surface area (Å²) in [7, 11) is 1.62. The van der Waals surface area contributed by atoms with Crippen molar-refractivity contribution in [2.45, 2.75) is 45.1 Å². The molecule has 0 bridgehead atoms. The van der Waals surface area contributed by atoms with Crippen molar-refractivity contribution in [1.82, 2.24) is 9.88 Å². The summed E-state index contributed by atoms with van der Waals surface area (Å²) in [6.45, 7) is 3.95. The number of rotatable bonds is 4. The van der Waals surface area contributed by atoms with Crippen LogP contribution < -0.4 is 10.2 Å². The molecule has 174 valence electrons. The van der Waals surface area contributed by atoms with Gasteiger partial charge in [0.2, 0.25) is 0 Å². The first-order valence-corrected chi connectivity index (χ1v) is 11.6. The number of nitrogens with one attached hydrogen (secondary N) is 1. The molecule has 0 saturated carbocycles. The quantitative estimate of drug-likeness (QED) is 0.553. The summed E-state index contributed by atoms with van der Waals surface area (Å²) < 4.78 is 35.3. The molecule has 5 rings (SSSR count). The van der Waals surface area contributed by atoms with Gasteiger partial charge in [-0.2, -0.15) is 0 Å². The minimum atomic E-state index is -2.51. The van der Waals surface area contributed by atoms with Gasteiger partial charge in [0, 0.05) is 61.2 Å². The van der Waals surface area contributed by atoms with Gasteiger partial charge in [0.05, 0.1) is 11.2 Å². The van der Waals surface area contributed by atoms with Gasteiger partial charge in [0.15, 0.2) is 0 Å². The summed E-state index contributed by atoms with van der Waals surface area (Å²) in [6, 6.07) is 9.66. The number of benzene rings is 2. The molecule has 3 heterocycles. The first-order valence-electron chi connectivity index (χ1n) is 11.6. The molecular weight excluding hydrogens is 424 g/mol. The van der Waals surface area contributed by atoms with Crippen molar-refractivity contribution in [2.24, 2.45) is 0 Å². The Morgan fingerprint density at radius 3 is 2.67 bits per heavy atom. The molecule has 0 radical (unpaired) electrons. The molecule has 1 saturated heterocycles. The van der Waals surface area contributed by atoms with Crippen LogP contribution in [0.15, 0.2) is 36.5 Å². The molecule has 5 nitrogen and oxygen atoms in total. The van der Waals surface area contributed by atoms with E-state index in [2.05, 4.69) is 21.0 Å². The van der Waals surface area contributed by atoms with Crippen LogP contribution in [0.3, 0.4) is 0 Å². The monoisotopic (exact) mass is 453 g/mol. The van der Waals surface area contributed by atoms with Crippen LogP contribution in [0.4, 0.5) is 20.2 Å². The molecule has 2 aliphatic rings. The summed E-state index contributed by atoms with van der Waals surface area (Å²) in [4.78, 5) is 14.5. The van der Waals surface area contributed by atoms with Crippen LogP contribution in [0.1, 0.15) is 58.8 Å². The zero-order chi connectivity index (χ0) is 23.1. The van der Waals surface area contributed by atoms with Crippen LogP contribution in [-0.2, 0) is 11.2 Å². The van der Waals surface area contributed by atoms with Crippen LogP contribution in [0.25, 0.3) is 10.9 Å². The Kier molecular flexibility index (Phi) is 5.83. The van der Waals surface area contributed by atoms with Gasteiger partial charge in [-0.1, -0.05) is 6.07 Å². The summed E-state index contributed by atoms with van der Waals surface area (Å²) in [6.07, 6.45) is 3.29. The van der Waals surface area contributed by atoms with Crippen molar-refractivity contribution >= 4 is 28.2 Å². The first-order chi connectivity index (χ1) is 16.0. The third-order valence-electron chi connectivity index (χ3n) is 7.00. The Bertz CT molecular complexity index is 1200. The number of halogens is 2. The molecule has 1 amide bonds. The minimum Gasteiger partial charge on any atom is -0.381 e. The van der Waals surface area contributed by atoms with Crippen molar-refractivity contribution < 1.29 is 18.3 Å². The van der Waals surface area contributed by atoms with Crippen LogP contribution in [0.5, 0.6) is 0 Å². The van der Waals surface area contributed by atoms with E-state index in [4.69, 9.17) is 4.74 Å². The van der Waals surface area contributed by atoms with Crippen LogP contribution in [0.2, 0.25) is 0 Å². The summed E-state index contributed by atoms with van der Waals surface area (Å²) in [5.41, 5.74) is 5.27. The third-order valence-corrected chi connectivity index (χ3v) is 7.00. The van der Waals surface area contributed by atoms with E-state index >= 15 is 0 Å². The Labute approximate surface area is 192 Å². The molecule has 33 heavy (non-hydrogen) atoms. The maximum absolute atomic E-state index is 13.7. The number of aromatic nitrogens is 1. The molecule has 1 fully saturated rings. The minimum absolute atomic E-state index is 0.0832. The molecule has 0 atom stereocenters. The Hall–Kier alpha value is -2.93. The van der Waals surface area contributed by atoms with E-state index in [-0.39, 0.29) is 11.5 Å². The van der Waals surface area contributed by atoms with E-state index in [1.54, 1.807) is 20.0 Å². The summed E-state index contributed by atoms with van der Waals surface area (Å²) in [5, 5.41) is 3.66. The van der Waals surface area contributed by atoms with Crippen molar-refractivity contribution in [3.8, 4) is 0 Å². The highest BCUT2D eigenvalue weighted by Crippen LogP contribution is 2.42. The zero-order valence-electron chi connectivity index (χ0n) is 19.0. The second kappa shape index (κ2) is 8.78. The number of nitrogens with zero attached hydrogens (tertiary/aromatic N) is 2. The van der Waals surface area contributed by atoms with E-state index in [0.29, 0.717) is 17.2 Å². The highest BCUT2D eigenvalue weighted by molar-refractivity contribution is 6.03. The molecule has 1 aromatic heterocycles. The highest BCUT2D eigenvalue weighted by Gasteiger charge is 2.27. The van der Waals surface area contributed by atoms with Crippen molar-refractivity contribution in [2.75, 3.05) is 31.7 Å². The predicted octanol–water partition coefficient (Wildman–Crippen LogP) is 5.68. The van der Waals surface area contributed by atoms with Gasteiger partial charge in [-0.05, 0) is 68.0 Å². The van der Waals surface area contributed by atoms with Crippen molar-refractivity contribution in [1.29, 1.82) is 0 Å². The lowest BCUT2D eigenvalue weighted by atomic mass is 9.95. The van der Waals surface area contributed by atoms with Crippen LogP contribution in [-0.4, -0.2) is 37.3 Å². The van der Waals surface area contributed by atoms with Gasteiger partial charge in [-0.3, -0.25) is 4.79 Å². The Morgan fingerprint density at radius 1 is 1.15 bits per heavy atom. The van der Waals surface area contributed by atoms with Crippen molar-refractivity contribution in [3.05, 3.63) is 58.8 Å². The smallest absolute Gasteiger partial charge is 0.264 e. The number of hydrogen-bond acceptors (Lipinski definition) is 3. The second-order valence-electron chi connectivity index (χ2n) is 8.97. The Balaban J connectivity index is 1.69. The largest absolute Gasteiger partial charge is 0.381 e. The summed E-state index contributed by atoms with van der Waals surface area (Å²) >= 11 is 0. The molecule has 7 heteroatoms. The normalized spacial score (nSPS) is 16.9. The molecule has 2 aromatic carbocycles. The number of anilines is 2. The Morgan fingerprint density at radius 2 is 1.94 bits per heavy atom. The molecule has 0 spiro atoms. The van der Waals surface area contributed by atoms with Gasteiger partial charge < -0.3 is 19.5 Å². The lowest BCUT2D eigenvalue weighted by molar-refractivity contribution is 0.0707. The molecule has 0 unspecified atom stereocenters. The third kappa shape index (κ3) is 3.88. The number of amides is 1. The number of aryl methyl sites for hydroxylation is 2. The van der Waals surface area contributed by atoms with Gasteiger partial charge in [-0.15, -0.1) is 0 Å². The molecule has 3 aromatic rings. The fraction of sp³-hybridized carbons (Fsp3) is 0.423. The topological polar surface area (TPSA) is 46.5 Å². The van der Waals surface area contributed by atoms with Gasteiger partial charge in [-0.25, -0.2) is 8.78 Å². The number of carbonyl (C=O) groups is 1. The predicted molar refractivity (Wildman–Crippen MR) is 126 cm³/mol. The molecule has 1 N–H and O–H groups in total. The molecular formula is C26H29F2N3O2. The number of fused-ring (bicyclic) bond motifs is 2. The van der Waals surface area contributed by atoms with E-state index < -0.39 is 6.43 Å². The average Bonchev–Trinajstić information content (AvgIpc) is 3.21. The van der Waals surface area contributed by atoms with E-state index in [1.165, 1.54) is 0 Å². The first kappa shape index (κ1) is 21.9. The molecule has 2 aliphatic heterocycles.